The largest absolute Gasteiger partial charge is 0.0625 e. The van der Waals surface area contributed by atoms with E-state index < -0.39 is 0 Å². The Balaban J connectivity index is 2.46. The van der Waals surface area contributed by atoms with E-state index in [1.807, 2.05) is 0 Å². The molecule has 0 aromatic heterocycles. The van der Waals surface area contributed by atoms with Crippen molar-refractivity contribution in [2.45, 2.75) is 194 Å². The molecule has 49 heavy (non-hydrogen) atoms. The van der Waals surface area contributed by atoms with Crippen molar-refractivity contribution in [2.24, 2.45) is 118 Å². The number of hydrogen-bond donors (Lipinski definition) is 0. The first kappa shape index (κ1) is 41.8. The fraction of sp³-hybridized carbons (Fsp3) is 1.00. The average molecular weight is 681 g/mol. The summed E-state index contributed by atoms with van der Waals surface area (Å²) in [5.74, 6) is 5.27. The van der Waals surface area contributed by atoms with Crippen LogP contribution in [0.2, 0.25) is 0 Å². The van der Waals surface area contributed by atoms with E-state index in [1.54, 1.807) is 0 Å². The van der Waals surface area contributed by atoms with Crippen molar-refractivity contribution < 1.29 is 0 Å². The van der Waals surface area contributed by atoms with Crippen molar-refractivity contribution in [2.75, 3.05) is 0 Å². The van der Waals surface area contributed by atoms with Gasteiger partial charge in [0.1, 0.15) is 0 Å². The lowest BCUT2D eigenvalue weighted by Crippen LogP contribution is -2.99. The lowest BCUT2D eigenvalue weighted by Gasteiger charge is -3.02. The van der Waals surface area contributed by atoms with Gasteiger partial charge in [0.05, 0.1) is 0 Å². The van der Waals surface area contributed by atoms with Gasteiger partial charge in [0, 0.05) is 0 Å². The minimum absolute atomic E-state index is 0.00109. The van der Waals surface area contributed by atoms with Crippen LogP contribution in [0.5, 0.6) is 0 Å². The van der Waals surface area contributed by atoms with Gasteiger partial charge in [0.2, 0.25) is 0 Å². The monoisotopic (exact) mass is 681 g/mol. The Morgan fingerprint density at radius 2 is 0.878 bits per heavy atom. The second-order valence-electron chi connectivity index (χ2n) is 25.5. The molecule has 11 unspecified atom stereocenters. The fourth-order valence-electron chi connectivity index (χ4n) is 19.0. The SMILES string of the molecule is CC(C)C1C2(C)C(C)(C(C)C)C(C)(C)C(C)C(C)(C)C(C)(C)C(C)(C)C(C)(C(C)(C)C(C)(C)C)C3(C)C(C)(C4C(C)C(C)C4C)C2(C)C13C. The normalized spacial score (nSPS) is 53.3. The molecule has 0 radical (unpaired) electrons. The van der Waals surface area contributed by atoms with Gasteiger partial charge in [0.25, 0.3) is 0 Å². The molecule has 4 fully saturated rings. The summed E-state index contributed by atoms with van der Waals surface area (Å²) in [6.45, 7) is 76.4. The second-order valence-corrected chi connectivity index (χ2v) is 25.5. The molecule has 4 aliphatic carbocycles. The molecule has 0 nitrogen and oxygen atoms in total. The van der Waals surface area contributed by atoms with Crippen LogP contribution in [0.3, 0.4) is 0 Å². The Labute approximate surface area is 310 Å². The van der Waals surface area contributed by atoms with Crippen molar-refractivity contribution in [3.8, 4) is 0 Å². The van der Waals surface area contributed by atoms with Gasteiger partial charge < -0.3 is 0 Å². The molecule has 0 aromatic rings. The van der Waals surface area contributed by atoms with Crippen molar-refractivity contribution in [3.63, 3.8) is 0 Å². The molecule has 0 amide bonds. The van der Waals surface area contributed by atoms with Gasteiger partial charge in [-0.15, -0.1) is 0 Å². The molecule has 0 aromatic carbocycles. The molecule has 4 aliphatic rings. The molecule has 0 aliphatic heterocycles. The van der Waals surface area contributed by atoms with E-state index in [0.717, 1.165) is 17.8 Å². The summed E-state index contributed by atoms with van der Waals surface area (Å²) in [6.07, 6.45) is 0. The lowest BCUT2D eigenvalue weighted by molar-refractivity contribution is -0.561. The first-order valence-corrected chi connectivity index (χ1v) is 21.3. The minimum Gasteiger partial charge on any atom is -0.0625 e. The van der Waals surface area contributed by atoms with Crippen LogP contribution >= 0.6 is 0 Å². The first-order valence-electron chi connectivity index (χ1n) is 21.3. The predicted molar refractivity (Wildman–Crippen MR) is 218 cm³/mol. The maximum atomic E-state index is 2.93. The highest BCUT2D eigenvalue weighted by molar-refractivity contribution is 5.47. The third-order valence-corrected chi connectivity index (χ3v) is 24.8. The van der Waals surface area contributed by atoms with Crippen LogP contribution in [0.4, 0.5) is 0 Å². The minimum atomic E-state index is -0.00972. The molecular formula is C49H92. The van der Waals surface area contributed by atoms with Gasteiger partial charge in [-0.05, 0) is 118 Å². The Hall–Kier alpha value is 0. The molecule has 2 bridgehead atoms. The van der Waals surface area contributed by atoms with Gasteiger partial charge in [-0.3, -0.25) is 0 Å². The van der Waals surface area contributed by atoms with E-state index in [9.17, 15) is 0 Å². The lowest BCUT2D eigenvalue weighted by atomic mass is 9.01. The second kappa shape index (κ2) is 10.2. The van der Waals surface area contributed by atoms with Gasteiger partial charge in [-0.1, -0.05) is 194 Å². The summed E-state index contributed by atoms with van der Waals surface area (Å²) in [5.41, 5.74) is 1.20. The van der Waals surface area contributed by atoms with Crippen LogP contribution in [-0.2, 0) is 0 Å². The average Bonchev–Trinajstić information content (AvgIpc) is 2.95. The van der Waals surface area contributed by atoms with Crippen molar-refractivity contribution in [1.29, 1.82) is 0 Å². The summed E-state index contributed by atoms with van der Waals surface area (Å²) < 4.78 is 0. The Bertz CT molecular complexity index is 1320. The van der Waals surface area contributed by atoms with Gasteiger partial charge >= 0.3 is 0 Å². The van der Waals surface area contributed by atoms with E-state index >= 15 is 0 Å². The molecule has 4 saturated carbocycles. The van der Waals surface area contributed by atoms with Crippen molar-refractivity contribution >= 4 is 0 Å². The van der Waals surface area contributed by atoms with Gasteiger partial charge in [0.15, 0.2) is 0 Å². The fourth-order valence-corrected chi connectivity index (χ4v) is 19.0. The molecule has 0 heteroatoms. The number of rotatable bonds is 4. The Morgan fingerprint density at radius 3 is 1.22 bits per heavy atom. The Kier molecular flexibility index (Phi) is 8.68. The van der Waals surface area contributed by atoms with E-state index in [4.69, 9.17) is 0 Å². The molecule has 0 spiro atoms. The van der Waals surface area contributed by atoms with E-state index in [2.05, 4.69) is 194 Å². The van der Waals surface area contributed by atoms with Crippen LogP contribution in [-0.4, -0.2) is 0 Å². The number of hydrogen-bond acceptors (Lipinski definition) is 0. The maximum absolute atomic E-state index is 2.93. The zero-order chi connectivity index (χ0) is 39.1. The van der Waals surface area contributed by atoms with Crippen molar-refractivity contribution in [3.05, 3.63) is 0 Å². The smallest absolute Gasteiger partial charge is 0.0137 e. The summed E-state index contributed by atoms with van der Waals surface area (Å²) in [5, 5.41) is 0. The topological polar surface area (TPSA) is 0 Å². The predicted octanol–water partition coefficient (Wildman–Crippen LogP) is 15.4. The molecule has 0 saturated heterocycles. The third kappa shape index (κ3) is 3.39. The van der Waals surface area contributed by atoms with Crippen LogP contribution < -0.4 is 0 Å². The molecule has 4 rings (SSSR count). The van der Waals surface area contributed by atoms with Crippen LogP contribution in [0.1, 0.15) is 194 Å². The standard InChI is InChI=1S/C49H92/c1-29(2)36-45(24)43(22,30(3)4)39(14,15)34(8)38(12,13)41(18,19)42(20,21)47(26,40(16,17)37(9,10)11)49(28)44(23,48(45,27)46(36,49)25)35-32(6)31(5)33(35)7/h29-36H,1-28H3. The summed E-state index contributed by atoms with van der Waals surface area (Å²) >= 11 is 0. The zero-order valence-corrected chi connectivity index (χ0v) is 39.1. The van der Waals surface area contributed by atoms with E-state index in [1.165, 1.54) is 0 Å². The molecule has 0 N–H and O–H groups in total. The highest BCUT2D eigenvalue weighted by Gasteiger charge is 3.01. The van der Waals surface area contributed by atoms with Crippen LogP contribution in [0.25, 0.3) is 0 Å². The molecule has 11 atom stereocenters. The highest BCUT2D eigenvalue weighted by Crippen LogP contribution is 3.04. The number of fused-ring (bicyclic) bond motifs is 2. The zero-order valence-electron chi connectivity index (χ0n) is 39.1. The molecule has 288 valence electrons. The summed E-state index contributed by atoms with van der Waals surface area (Å²) in [4.78, 5) is 0. The summed E-state index contributed by atoms with van der Waals surface area (Å²) in [7, 11) is 0. The van der Waals surface area contributed by atoms with Crippen LogP contribution in [0.15, 0.2) is 0 Å². The third-order valence-electron chi connectivity index (χ3n) is 24.8. The van der Waals surface area contributed by atoms with Crippen molar-refractivity contribution in [1.82, 2.24) is 0 Å². The molecule has 0 heterocycles. The molecular weight excluding hydrogens is 589 g/mol. The maximum Gasteiger partial charge on any atom is -0.0137 e. The van der Waals surface area contributed by atoms with Gasteiger partial charge in [-0.2, -0.15) is 0 Å². The van der Waals surface area contributed by atoms with Gasteiger partial charge in [-0.25, -0.2) is 0 Å². The van der Waals surface area contributed by atoms with E-state index in [0.29, 0.717) is 29.6 Å². The van der Waals surface area contributed by atoms with Crippen LogP contribution in [0, 0.1) is 118 Å². The summed E-state index contributed by atoms with van der Waals surface area (Å²) in [6, 6.07) is 0. The first-order chi connectivity index (χ1) is 21.3. The Morgan fingerprint density at radius 1 is 0.469 bits per heavy atom. The van der Waals surface area contributed by atoms with E-state index in [-0.39, 0.29) is 70.4 Å². The quantitative estimate of drug-likeness (QED) is 0.277. The highest BCUT2D eigenvalue weighted by atomic mass is 15.0.